The van der Waals surface area contributed by atoms with E-state index in [2.05, 4.69) is 0 Å². The van der Waals surface area contributed by atoms with Gasteiger partial charge in [-0.1, -0.05) is 6.92 Å². The molecule has 0 spiro atoms. The van der Waals surface area contributed by atoms with E-state index in [1.54, 1.807) is 6.92 Å². The molecule has 0 aliphatic rings. The van der Waals surface area contributed by atoms with E-state index in [4.69, 9.17) is 10.5 Å². The van der Waals surface area contributed by atoms with Gasteiger partial charge in [-0.2, -0.15) is 0 Å². The van der Waals surface area contributed by atoms with Crippen LogP contribution in [0.5, 0.6) is 0 Å². The van der Waals surface area contributed by atoms with Crippen LogP contribution in [0.4, 0.5) is 0 Å². The topological polar surface area (TPSA) is 69.4 Å². The summed E-state index contributed by atoms with van der Waals surface area (Å²) in [5, 5.41) is 0. The third kappa shape index (κ3) is 5.51. The molecule has 2 N–H and O–H groups in total. The molecule has 0 aliphatic carbocycles. The van der Waals surface area contributed by atoms with Gasteiger partial charge in [0.25, 0.3) is 0 Å². The summed E-state index contributed by atoms with van der Waals surface area (Å²) in [4.78, 5) is 0. The van der Waals surface area contributed by atoms with E-state index in [-0.39, 0.29) is 17.7 Å². The lowest BCUT2D eigenvalue weighted by molar-refractivity contribution is 0.192. The Balaban J connectivity index is 3.88. The van der Waals surface area contributed by atoms with Gasteiger partial charge in [0.1, 0.15) is 5.94 Å². The molecule has 0 saturated carbocycles. The Labute approximate surface area is 74.0 Å². The van der Waals surface area contributed by atoms with E-state index in [0.717, 1.165) is 0 Å². The predicted molar refractivity (Wildman–Crippen MR) is 48.5 cm³/mol. The van der Waals surface area contributed by atoms with Crippen LogP contribution >= 0.6 is 0 Å². The molecule has 0 saturated heterocycles. The highest BCUT2D eigenvalue weighted by Crippen LogP contribution is 1.96. The summed E-state index contributed by atoms with van der Waals surface area (Å²) >= 11 is 0. The van der Waals surface area contributed by atoms with E-state index in [1.165, 1.54) is 0 Å². The zero-order chi connectivity index (χ0) is 9.61. The SMILES string of the molecule is CCOCS(=O)(=O)CC(N)CC. The Bertz CT molecular complexity index is 201. The van der Waals surface area contributed by atoms with Crippen molar-refractivity contribution < 1.29 is 13.2 Å². The van der Waals surface area contributed by atoms with E-state index >= 15 is 0 Å². The quantitative estimate of drug-likeness (QED) is 0.654. The van der Waals surface area contributed by atoms with Gasteiger partial charge in [-0.3, -0.25) is 0 Å². The monoisotopic (exact) mass is 195 g/mol. The molecule has 0 heterocycles. The summed E-state index contributed by atoms with van der Waals surface area (Å²) in [6, 6.07) is -0.268. The summed E-state index contributed by atoms with van der Waals surface area (Å²) in [7, 11) is -3.10. The lowest BCUT2D eigenvalue weighted by atomic mass is 10.3. The van der Waals surface area contributed by atoms with Crippen LogP contribution in [0.3, 0.4) is 0 Å². The number of hydrogen-bond donors (Lipinski definition) is 1. The van der Waals surface area contributed by atoms with Crippen LogP contribution in [0.25, 0.3) is 0 Å². The predicted octanol–water partition coefficient (Wildman–Crippen LogP) is 0.132. The molecule has 74 valence electrons. The van der Waals surface area contributed by atoms with Crippen molar-refractivity contribution in [3.8, 4) is 0 Å². The first-order chi connectivity index (χ1) is 5.52. The van der Waals surface area contributed by atoms with Crippen LogP contribution < -0.4 is 5.73 Å². The highest BCUT2D eigenvalue weighted by atomic mass is 32.2. The molecule has 0 bridgehead atoms. The number of nitrogens with two attached hydrogens (primary N) is 1. The van der Waals surface area contributed by atoms with Gasteiger partial charge in [-0.15, -0.1) is 0 Å². The van der Waals surface area contributed by atoms with Crippen molar-refractivity contribution >= 4 is 9.84 Å². The fraction of sp³-hybridized carbons (Fsp3) is 1.00. The maximum Gasteiger partial charge on any atom is 0.175 e. The molecule has 0 aromatic rings. The van der Waals surface area contributed by atoms with Crippen LogP contribution in [-0.4, -0.2) is 32.8 Å². The minimum atomic E-state index is -3.10. The highest BCUT2D eigenvalue weighted by Gasteiger charge is 2.14. The Morgan fingerprint density at radius 1 is 1.42 bits per heavy atom. The summed E-state index contributed by atoms with van der Waals surface area (Å²) < 4.78 is 27.1. The Morgan fingerprint density at radius 2 is 2.00 bits per heavy atom. The maximum absolute atomic E-state index is 11.2. The van der Waals surface area contributed by atoms with E-state index in [9.17, 15) is 8.42 Å². The number of ether oxygens (including phenoxy) is 1. The largest absolute Gasteiger partial charge is 0.366 e. The zero-order valence-corrected chi connectivity index (χ0v) is 8.43. The second-order valence-corrected chi connectivity index (χ2v) is 4.75. The minimum Gasteiger partial charge on any atom is -0.366 e. The van der Waals surface area contributed by atoms with Crippen molar-refractivity contribution in [1.82, 2.24) is 0 Å². The van der Waals surface area contributed by atoms with Gasteiger partial charge in [0, 0.05) is 12.6 Å². The second-order valence-electron chi connectivity index (χ2n) is 2.69. The van der Waals surface area contributed by atoms with Crippen molar-refractivity contribution in [3.63, 3.8) is 0 Å². The fourth-order valence-electron chi connectivity index (χ4n) is 0.702. The third-order valence-corrected chi connectivity index (χ3v) is 2.92. The van der Waals surface area contributed by atoms with Crippen molar-refractivity contribution in [2.75, 3.05) is 18.3 Å². The molecule has 4 nitrogen and oxygen atoms in total. The van der Waals surface area contributed by atoms with Gasteiger partial charge in [0.05, 0.1) is 5.75 Å². The fourth-order valence-corrected chi connectivity index (χ4v) is 2.11. The van der Waals surface area contributed by atoms with Gasteiger partial charge in [0.2, 0.25) is 0 Å². The summed E-state index contributed by atoms with van der Waals surface area (Å²) in [6.07, 6.45) is 0.672. The Kier molecular flexibility index (Phi) is 5.44. The maximum atomic E-state index is 11.2. The van der Waals surface area contributed by atoms with Crippen LogP contribution in [0.2, 0.25) is 0 Å². The third-order valence-electron chi connectivity index (χ3n) is 1.46. The van der Waals surface area contributed by atoms with Gasteiger partial charge in [0.15, 0.2) is 9.84 Å². The number of sulfone groups is 1. The molecule has 1 atom stereocenters. The molecule has 0 fully saturated rings. The molecule has 0 rings (SSSR count). The van der Waals surface area contributed by atoms with Crippen LogP contribution in [0.1, 0.15) is 20.3 Å². The first-order valence-electron chi connectivity index (χ1n) is 4.05. The van der Waals surface area contributed by atoms with Crippen LogP contribution in [-0.2, 0) is 14.6 Å². The lowest BCUT2D eigenvalue weighted by Crippen LogP contribution is -2.30. The van der Waals surface area contributed by atoms with E-state index in [0.29, 0.717) is 13.0 Å². The van der Waals surface area contributed by atoms with Gasteiger partial charge >= 0.3 is 0 Å². The molecule has 0 aromatic heterocycles. The van der Waals surface area contributed by atoms with E-state index < -0.39 is 9.84 Å². The molecule has 1 unspecified atom stereocenters. The number of hydrogen-bond acceptors (Lipinski definition) is 4. The minimum absolute atomic E-state index is 0.0174. The van der Waals surface area contributed by atoms with Crippen molar-refractivity contribution in [1.29, 1.82) is 0 Å². The van der Waals surface area contributed by atoms with Gasteiger partial charge < -0.3 is 10.5 Å². The van der Waals surface area contributed by atoms with Crippen LogP contribution in [0, 0.1) is 0 Å². The highest BCUT2D eigenvalue weighted by molar-refractivity contribution is 7.91. The van der Waals surface area contributed by atoms with Gasteiger partial charge in [-0.05, 0) is 13.3 Å². The van der Waals surface area contributed by atoms with Gasteiger partial charge in [-0.25, -0.2) is 8.42 Å². The molecular formula is C7H17NO3S. The molecule has 0 radical (unpaired) electrons. The normalized spacial score (nSPS) is 14.6. The number of rotatable bonds is 6. The van der Waals surface area contributed by atoms with Crippen LogP contribution in [0.15, 0.2) is 0 Å². The molecule has 0 aromatic carbocycles. The van der Waals surface area contributed by atoms with E-state index in [1.807, 2.05) is 6.92 Å². The molecule has 0 amide bonds. The molecule has 5 heteroatoms. The summed E-state index contributed by atoms with van der Waals surface area (Å²) in [6.45, 7) is 4.04. The second kappa shape index (κ2) is 5.50. The Morgan fingerprint density at radius 3 is 2.42 bits per heavy atom. The van der Waals surface area contributed by atoms with Crippen molar-refractivity contribution in [2.45, 2.75) is 26.3 Å². The molecule has 12 heavy (non-hydrogen) atoms. The first-order valence-corrected chi connectivity index (χ1v) is 5.87. The Hall–Kier alpha value is -0.130. The standard InChI is InChI=1S/C7H17NO3S/c1-3-7(8)5-12(9,10)6-11-4-2/h7H,3-6,8H2,1-2H3. The molecular weight excluding hydrogens is 178 g/mol. The zero-order valence-electron chi connectivity index (χ0n) is 7.62. The average Bonchev–Trinajstić information content (AvgIpc) is 2.00. The van der Waals surface area contributed by atoms with Crippen molar-refractivity contribution in [3.05, 3.63) is 0 Å². The van der Waals surface area contributed by atoms with Crippen molar-refractivity contribution in [2.24, 2.45) is 5.73 Å². The summed E-state index contributed by atoms with van der Waals surface area (Å²) in [5.74, 6) is -0.194. The smallest absolute Gasteiger partial charge is 0.175 e. The lowest BCUT2D eigenvalue weighted by Gasteiger charge is -2.08. The first kappa shape index (κ1) is 11.9. The molecule has 0 aliphatic heterocycles. The summed E-state index contributed by atoms with van der Waals surface area (Å²) in [5.41, 5.74) is 5.50. The average molecular weight is 195 g/mol.